The normalized spacial score (nSPS) is 16.2. The van der Waals surface area contributed by atoms with Crippen molar-refractivity contribution in [2.24, 2.45) is 5.92 Å². The molecule has 0 spiro atoms. The molecule has 0 saturated carbocycles. The second-order valence-electron chi connectivity index (χ2n) is 5.09. The summed E-state index contributed by atoms with van der Waals surface area (Å²) in [5.74, 6) is 2.13. The number of hydrogen-bond donors (Lipinski definition) is 1. The number of piperidine rings is 1. The minimum absolute atomic E-state index is 0.136. The van der Waals surface area contributed by atoms with Gasteiger partial charge in [-0.3, -0.25) is 4.79 Å². The number of halogens is 1. The summed E-state index contributed by atoms with van der Waals surface area (Å²) in [7, 11) is 1.70. The van der Waals surface area contributed by atoms with E-state index in [0.717, 1.165) is 55.0 Å². The molecule has 1 aromatic rings. The molecule has 2 heterocycles. The van der Waals surface area contributed by atoms with Crippen molar-refractivity contribution in [1.82, 2.24) is 15.3 Å². The first-order valence-corrected chi connectivity index (χ1v) is 7.93. The highest BCUT2D eigenvalue weighted by Gasteiger charge is 2.25. The maximum atomic E-state index is 11.6. The molecular formula is C14H21BrN4O. The summed E-state index contributed by atoms with van der Waals surface area (Å²) in [6.45, 7) is 3.86. The molecule has 1 N–H and O–H groups in total. The first-order valence-electron chi connectivity index (χ1n) is 7.14. The maximum absolute atomic E-state index is 11.6. The lowest BCUT2D eigenvalue weighted by Crippen LogP contribution is -2.40. The first-order chi connectivity index (χ1) is 9.63. The van der Waals surface area contributed by atoms with E-state index in [1.807, 2.05) is 6.07 Å². The third kappa shape index (κ3) is 3.69. The SMILES string of the molecule is CCCc1nc(Br)cc(N2CCC(C(=O)NC)CC2)n1. The van der Waals surface area contributed by atoms with E-state index in [-0.39, 0.29) is 11.8 Å². The van der Waals surface area contributed by atoms with Gasteiger partial charge >= 0.3 is 0 Å². The lowest BCUT2D eigenvalue weighted by atomic mass is 9.96. The van der Waals surface area contributed by atoms with Gasteiger partial charge < -0.3 is 10.2 Å². The van der Waals surface area contributed by atoms with Crippen molar-refractivity contribution >= 4 is 27.7 Å². The van der Waals surface area contributed by atoms with E-state index < -0.39 is 0 Å². The predicted octanol–water partition coefficient (Wildman–Crippen LogP) is 2.15. The molecule has 1 aromatic heterocycles. The summed E-state index contributed by atoms with van der Waals surface area (Å²) in [6, 6.07) is 1.96. The Morgan fingerprint density at radius 3 is 2.75 bits per heavy atom. The zero-order valence-electron chi connectivity index (χ0n) is 12.0. The van der Waals surface area contributed by atoms with Crippen LogP contribution in [0.5, 0.6) is 0 Å². The molecular weight excluding hydrogens is 320 g/mol. The van der Waals surface area contributed by atoms with Crippen LogP contribution in [0, 0.1) is 5.92 Å². The van der Waals surface area contributed by atoms with Gasteiger partial charge in [0.25, 0.3) is 0 Å². The van der Waals surface area contributed by atoms with Crippen LogP contribution in [0.1, 0.15) is 32.0 Å². The van der Waals surface area contributed by atoms with Gasteiger partial charge in [0.1, 0.15) is 16.2 Å². The van der Waals surface area contributed by atoms with Gasteiger partial charge in [-0.1, -0.05) is 6.92 Å². The summed E-state index contributed by atoms with van der Waals surface area (Å²) < 4.78 is 0.833. The van der Waals surface area contributed by atoms with Crippen LogP contribution in [0.25, 0.3) is 0 Å². The molecule has 1 fully saturated rings. The topological polar surface area (TPSA) is 58.1 Å². The number of nitrogens with one attached hydrogen (secondary N) is 1. The van der Waals surface area contributed by atoms with Gasteiger partial charge in [0.2, 0.25) is 5.91 Å². The van der Waals surface area contributed by atoms with Crippen LogP contribution < -0.4 is 10.2 Å². The fourth-order valence-electron chi connectivity index (χ4n) is 2.52. The lowest BCUT2D eigenvalue weighted by molar-refractivity contribution is -0.125. The van der Waals surface area contributed by atoms with E-state index in [0.29, 0.717) is 0 Å². The molecule has 0 radical (unpaired) electrons. The number of aryl methyl sites for hydroxylation is 1. The summed E-state index contributed by atoms with van der Waals surface area (Å²) in [5, 5.41) is 2.73. The zero-order valence-corrected chi connectivity index (χ0v) is 13.6. The van der Waals surface area contributed by atoms with Crippen LogP contribution in [-0.4, -0.2) is 36.0 Å². The Bertz CT molecular complexity index is 472. The largest absolute Gasteiger partial charge is 0.359 e. The molecule has 0 unspecified atom stereocenters. The fraction of sp³-hybridized carbons (Fsp3) is 0.643. The quantitative estimate of drug-likeness (QED) is 0.853. The van der Waals surface area contributed by atoms with E-state index in [2.05, 4.69) is 43.0 Å². The standard InChI is InChI=1S/C14H21BrN4O/c1-3-4-12-17-11(15)9-13(18-12)19-7-5-10(6-8-19)14(20)16-2/h9-10H,3-8H2,1-2H3,(H,16,20). The zero-order chi connectivity index (χ0) is 14.5. The molecule has 0 aromatic carbocycles. The van der Waals surface area contributed by atoms with Crippen LogP contribution in [0.15, 0.2) is 10.7 Å². The van der Waals surface area contributed by atoms with Crippen molar-refractivity contribution in [3.05, 3.63) is 16.5 Å². The van der Waals surface area contributed by atoms with Gasteiger partial charge in [0.05, 0.1) is 0 Å². The van der Waals surface area contributed by atoms with Gasteiger partial charge in [-0.05, 0) is 35.2 Å². The molecule has 0 bridgehead atoms. The molecule has 1 aliphatic rings. The number of aromatic nitrogens is 2. The summed E-state index contributed by atoms with van der Waals surface area (Å²) in [4.78, 5) is 22.9. The lowest BCUT2D eigenvalue weighted by Gasteiger charge is -2.32. The van der Waals surface area contributed by atoms with Gasteiger partial charge in [-0.25, -0.2) is 9.97 Å². The van der Waals surface area contributed by atoms with Gasteiger partial charge in [0, 0.05) is 38.5 Å². The Balaban J connectivity index is 2.04. The molecule has 1 saturated heterocycles. The van der Waals surface area contributed by atoms with Crippen LogP contribution in [0.2, 0.25) is 0 Å². The molecule has 110 valence electrons. The highest BCUT2D eigenvalue weighted by Crippen LogP contribution is 2.24. The first kappa shape index (κ1) is 15.2. The highest BCUT2D eigenvalue weighted by atomic mass is 79.9. The van der Waals surface area contributed by atoms with Gasteiger partial charge in [0.15, 0.2) is 0 Å². The van der Waals surface area contributed by atoms with E-state index in [4.69, 9.17) is 0 Å². The van der Waals surface area contributed by atoms with Crippen LogP contribution in [0.3, 0.4) is 0 Å². The molecule has 1 amide bonds. The van der Waals surface area contributed by atoms with Crippen molar-refractivity contribution < 1.29 is 4.79 Å². The highest BCUT2D eigenvalue weighted by molar-refractivity contribution is 9.10. The smallest absolute Gasteiger partial charge is 0.222 e. The number of amides is 1. The summed E-state index contributed by atoms with van der Waals surface area (Å²) >= 11 is 3.45. The molecule has 20 heavy (non-hydrogen) atoms. The Labute approximate surface area is 128 Å². The Kier molecular flexibility index (Phi) is 5.34. The Hall–Kier alpha value is -1.17. The van der Waals surface area contributed by atoms with Crippen LogP contribution in [0.4, 0.5) is 5.82 Å². The van der Waals surface area contributed by atoms with E-state index in [1.165, 1.54) is 0 Å². The monoisotopic (exact) mass is 340 g/mol. The molecule has 0 atom stereocenters. The maximum Gasteiger partial charge on any atom is 0.222 e. The number of carbonyl (C=O) groups is 1. The van der Waals surface area contributed by atoms with Gasteiger partial charge in [-0.2, -0.15) is 0 Å². The van der Waals surface area contributed by atoms with E-state index in [9.17, 15) is 4.79 Å². The number of nitrogens with zero attached hydrogens (tertiary/aromatic N) is 3. The third-order valence-corrected chi connectivity index (χ3v) is 4.04. The number of hydrogen-bond acceptors (Lipinski definition) is 4. The van der Waals surface area contributed by atoms with Crippen molar-refractivity contribution in [3.8, 4) is 0 Å². The molecule has 1 aliphatic heterocycles. The van der Waals surface area contributed by atoms with Crippen molar-refractivity contribution in [3.63, 3.8) is 0 Å². The number of carbonyl (C=O) groups excluding carboxylic acids is 1. The second kappa shape index (κ2) is 7.02. The predicted molar refractivity (Wildman–Crippen MR) is 82.7 cm³/mol. The molecule has 0 aliphatic carbocycles. The Morgan fingerprint density at radius 2 is 2.15 bits per heavy atom. The Morgan fingerprint density at radius 1 is 1.45 bits per heavy atom. The summed E-state index contributed by atoms with van der Waals surface area (Å²) in [5.41, 5.74) is 0. The minimum Gasteiger partial charge on any atom is -0.359 e. The third-order valence-electron chi connectivity index (χ3n) is 3.64. The number of anilines is 1. The van der Waals surface area contributed by atoms with Crippen molar-refractivity contribution in [2.45, 2.75) is 32.6 Å². The summed E-state index contributed by atoms with van der Waals surface area (Å²) in [6.07, 6.45) is 3.69. The molecule has 5 nitrogen and oxygen atoms in total. The number of rotatable bonds is 4. The van der Waals surface area contributed by atoms with E-state index in [1.54, 1.807) is 7.05 Å². The van der Waals surface area contributed by atoms with Crippen molar-refractivity contribution in [2.75, 3.05) is 25.0 Å². The van der Waals surface area contributed by atoms with Crippen LogP contribution in [-0.2, 0) is 11.2 Å². The average molecular weight is 341 g/mol. The molecule has 2 rings (SSSR count). The average Bonchev–Trinajstić information content (AvgIpc) is 2.46. The van der Waals surface area contributed by atoms with Gasteiger partial charge in [-0.15, -0.1) is 0 Å². The van der Waals surface area contributed by atoms with E-state index >= 15 is 0 Å². The second-order valence-corrected chi connectivity index (χ2v) is 5.90. The fourth-order valence-corrected chi connectivity index (χ4v) is 2.93. The van der Waals surface area contributed by atoms with Crippen LogP contribution >= 0.6 is 15.9 Å². The van der Waals surface area contributed by atoms with Crippen molar-refractivity contribution in [1.29, 1.82) is 0 Å². The minimum atomic E-state index is 0.136. The molecule has 6 heteroatoms.